The van der Waals surface area contributed by atoms with Gasteiger partial charge < -0.3 is 15.2 Å². The smallest absolute Gasteiger partial charge is 0.340 e. The van der Waals surface area contributed by atoms with Crippen LogP contribution in [0.15, 0.2) is 17.3 Å². The molecule has 2 unspecified atom stereocenters. The Morgan fingerprint density at radius 1 is 1.68 bits per heavy atom. The van der Waals surface area contributed by atoms with Crippen LogP contribution in [0.3, 0.4) is 0 Å². The second-order valence-corrected chi connectivity index (χ2v) is 5.59. The van der Waals surface area contributed by atoms with Crippen LogP contribution in [0.1, 0.15) is 30.6 Å². The Bertz CT molecular complexity index is 467. The van der Waals surface area contributed by atoms with Gasteiger partial charge in [0.2, 0.25) is 0 Å². The van der Waals surface area contributed by atoms with Gasteiger partial charge in [0.05, 0.1) is 30.2 Å². The van der Waals surface area contributed by atoms with Crippen LogP contribution in [-0.4, -0.2) is 35.5 Å². The van der Waals surface area contributed by atoms with Gasteiger partial charge in [-0.1, -0.05) is 11.8 Å². The van der Waals surface area contributed by atoms with Crippen molar-refractivity contribution in [2.45, 2.75) is 36.6 Å². The van der Waals surface area contributed by atoms with Crippen molar-refractivity contribution in [1.29, 1.82) is 0 Å². The quantitative estimate of drug-likeness (QED) is 0.853. The molecule has 1 aliphatic rings. The van der Waals surface area contributed by atoms with Crippen LogP contribution < -0.4 is 5.73 Å². The number of carbonyl (C=O) groups excluding carboxylic acids is 1. The molecule has 1 saturated heterocycles. The zero-order valence-electron chi connectivity index (χ0n) is 11.1. The van der Waals surface area contributed by atoms with Crippen LogP contribution in [-0.2, 0) is 9.47 Å². The van der Waals surface area contributed by atoms with Crippen LogP contribution in [0, 0.1) is 0 Å². The normalized spacial score (nSPS) is 22.4. The Morgan fingerprint density at radius 3 is 3.11 bits per heavy atom. The van der Waals surface area contributed by atoms with Crippen LogP contribution >= 0.6 is 11.8 Å². The van der Waals surface area contributed by atoms with Gasteiger partial charge in [0.25, 0.3) is 0 Å². The highest BCUT2D eigenvalue weighted by molar-refractivity contribution is 8.00. The minimum atomic E-state index is -0.378. The zero-order chi connectivity index (χ0) is 13.8. The summed E-state index contributed by atoms with van der Waals surface area (Å²) < 4.78 is 10.6. The second-order valence-electron chi connectivity index (χ2n) is 4.36. The van der Waals surface area contributed by atoms with E-state index in [9.17, 15) is 4.79 Å². The summed E-state index contributed by atoms with van der Waals surface area (Å²) in [7, 11) is 0. The van der Waals surface area contributed by atoms with Gasteiger partial charge in [0.1, 0.15) is 5.03 Å². The maximum atomic E-state index is 11.9. The van der Waals surface area contributed by atoms with E-state index in [2.05, 4.69) is 4.98 Å². The molecular weight excluding hydrogens is 264 g/mol. The van der Waals surface area contributed by atoms with E-state index in [1.165, 1.54) is 0 Å². The molecule has 1 aromatic rings. The van der Waals surface area contributed by atoms with E-state index in [1.807, 2.05) is 6.92 Å². The standard InChI is InChI=1S/C13H18N2O3S/c1-3-17-13(16)10-6-9(14)7-15-12(10)19-11-4-5-18-8(11)2/h6-8,11H,3-5,14H2,1-2H3. The number of anilines is 1. The number of aromatic nitrogens is 1. The summed E-state index contributed by atoms with van der Waals surface area (Å²) in [6, 6.07) is 1.62. The Labute approximate surface area is 116 Å². The molecule has 1 fully saturated rings. The number of esters is 1. The molecule has 0 aliphatic carbocycles. The highest BCUT2D eigenvalue weighted by Crippen LogP contribution is 2.33. The molecule has 0 bridgehead atoms. The molecule has 5 nitrogen and oxygen atoms in total. The fraction of sp³-hybridized carbons (Fsp3) is 0.538. The van der Waals surface area contributed by atoms with Crippen molar-refractivity contribution in [1.82, 2.24) is 4.98 Å². The van der Waals surface area contributed by atoms with Crippen LogP contribution in [0.25, 0.3) is 0 Å². The third-order valence-electron chi connectivity index (χ3n) is 2.94. The van der Waals surface area contributed by atoms with E-state index < -0.39 is 0 Å². The average Bonchev–Trinajstić information content (AvgIpc) is 2.77. The lowest BCUT2D eigenvalue weighted by Crippen LogP contribution is -2.15. The highest BCUT2D eigenvalue weighted by atomic mass is 32.2. The lowest BCUT2D eigenvalue weighted by atomic mass is 10.2. The molecule has 104 valence electrons. The summed E-state index contributed by atoms with van der Waals surface area (Å²) in [6.45, 7) is 4.90. The highest BCUT2D eigenvalue weighted by Gasteiger charge is 2.27. The second kappa shape index (κ2) is 6.25. The Hall–Kier alpha value is -1.27. The summed E-state index contributed by atoms with van der Waals surface area (Å²) in [4.78, 5) is 16.2. The van der Waals surface area contributed by atoms with Gasteiger partial charge in [0.15, 0.2) is 0 Å². The lowest BCUT2D eigenvalue weighted by molar-refractivity contribution is 0.0521. The van der Waals surface area contributed by atoms with Gasteiger partial charge in [-0.25, -0.2) is 9.78 Å². The van der Waals surface area contributed by atoms with E-state index >= 15 is 0 Å². The molecule has 0 aromatic carbocycles. The lowest BCUT2D eigenvalue weighted by Gasteiger charge is -2.15. The SMILES string of the molecule is CCOC(=O)c1cc(N)cnc1SC1CCOC1C. The maximum Gasteiger partial charge on any atom is 0.340 e. The molecule has 2 N–H and O–H groups in total. The predicted octanol–water partition coefficient (Wildman–Crippen LogP) is 2.11. The number of ether oxygens (including phenoxy) is 2. The van der Waals surface area contributed by atoms with Crippen molar-refractivity contribution in [3.05, 3.63) is 17.8 Å². The van der Waals surface area contributed by atoms with Gasteiger partial charge in [-0.05, 0) is 26.3 Å². The van der Waals surface area contributed by atoms with Crippen LogP contribution in [0.5, 0.6) is 0 Å². The van der Waals surface area contributed by atoms with Crippen molar-refractivity contribution in [2.75, 3.05) is 18.9 Å². The monoisotopic (exact) mass is 282 g/mol. The summed E-state index contributed by atoms with van der Waals surface area (Å²) >= 11 is 1.56. The third kappa shape index (κ3) is 3.39. The number of nitrogen functional groups attached to an aromatic ring is 1. The minimum Gasteiger partial charge on any atom is -0.462 e. The molecule has 0 saturated carbocycles. The number of hydrogen-bond donors (Lipinski definition) is 1. The van der Waals surface area contributed by atoms with Gasteiger partial charge in [-0.2, -0.15) is 0 Å². The van der Waals surface area contributed by atoms with Crippen molar-refractivity contribution in [3.63, 3.8) is 0 Å². The first kappa shape index (κ1) is 14.1. The first-order valence-electron chi connectivity index (χ1n) is 6.32. The molecule has 2 rings (SSSR count). The predicted molar refractivity (Wildman–Crippen MR) is 74.3 cm³/mol. The fourth-order valence-electron chi connectivity index (χ4n) is 1.93. The Kier molecular flexibility index (Phi) is 4.66. The van der Waals surface area contributed by atoms with Gasteiger partial charge in [-0.3, -0.25) is 0 Å². The largest absolute Gasteiger partial charge is 0.462 e. The summed E-state index contributed by atoms with van der Waals surface area (Å²) in [5.41, 5.74) is 6.59. The number of thioether (sulfide) groups is 1. The number of rotatable bonds is 4. The number of nitrogens with zero attached hydrogens (tertiary/aromatic N) is 1. The molecule has 6 heteroatoms. The van der Waals surface area contributed by atoms with E-state index in [4.69, 9.17) is 15.2 Å². The zero-order valence-corrected chi connectivity index (χ0v) is 11.9. The van der Waals surface area contributed by atoms with Crippen LogP contribution in [0.2, 0.25) is 0 Å². The van der Waals surface area contributed by atoms with E-state index in [0.717, 1.165) is 13.0 Å². The third-order valence-corrected chi connectivity index (χ3v) is 4.41. The van der Waals surface area contributed by atoms with Crippen molar-refractivity contribution >= 4 is 23.4 Å². The van der Waals surface area contributed by atoms with Crippen molar-refractivity contribution < 1.29 is 14.3 Å². The molecule has 1 aromatic heterocycles. The molecule has 19 heavy (non-hydrogen) atoms. The molecule has 1 aliphatic heterocycles. The van der Waals surface area contributed by atoms with Crippen LogP contribution in [0.4, 0.5) is 5.69 Å². The van der Waals surface area contributed by atoms with E-state index in [0.29, 0.717) is 28.1 Å². The molecule has 0 spiro atoms. The fourth-order valence-corrected chi connectivity index (χ4v) is 3.08. The van der Waals surface area contributed by atoms with Gasteiger partial charge in [-0.15, -0.1) is 0 Å². The molecule has 2 heterocycles. The van der Waals surface area contributed by atoms with Crippen molar-refractivity contribution in [3.8, 4) is 0 Å². The molecular formula is C13H18N2O3S. The maximum absolute atomic E-state index is 11.9. The van der Waals surface area contributed by atoms with Gasteiger partial charge in [0, 0.05) is 11.9 Å². The molecule has 0 radical (unpaired) electrons. The number of hydrogen-bond acceptors (Lipinski definition) is 6. The summed E-state index contributed by atoms with van der Waals surface area (Å²) in [5.74, 6) is -0.378. The molecule has 0 amide bonds. The summed E-state index contributed by atoms with van der Waals surface area (Å²) in [6.07, 6.45) is 2.69. The van der Waals surface area contributed by atoms with E-state index in [-0.39, 0.29) is 12.1 Å². The average molecular weight is 282 g/mol. The Balaban J connectivity index is 2.21. The first-order valence-corrected chi connectivity index (χ1v) is 7.20. The molecule has 2 atom stereocenters. The number of pyridine rings is 1. The van der Waals surface area contributed by atoms with E-state index in [1.54, 1.807) is 30.9 Å². The number of nitrogens with two attached hydrogens (primary N) is 1. The summed E-state index contributed by atoms with van der Waals surface area (Å²) in [5, 5.41) is 0.972. The minimum absolute atomic E-state index is 0.166. The van der Waals surface area contributed by atoms with Gasteiger partial charge >= 0.3 is 5.97 Å². The van der Waals surface area contributed by atoms with Crippen molar-refractivity contribution in [2.24, 2.45) is 0 Å². The first-order chi connectivity index (χ1) is 9.11. The Morgan fingerprint density at radius 2 is 2.47 bits per heavy atom. The topological polar surface area (TPSA) is 74.4 Å². The number of carbonyl (C=O) groups is 1.